The highest BCUT2D eigenvalue weighted by atomic mass is 32.1. The first-order valence-corrected chi connectivity index (χ1v) is 11.8. The molecule has 7 heteroatoms. The summed E-state index contributed by atoms with van der Waals surface area (Å²) in [6.45, 7) is 6.90. The number of benzene rings is 1. The molecule has 0 unspecified atom stereocenters. The van der Waals surface area contributed by atoms with E-state index in [1.54, 1.807) is 6.20 Å². The molecule has 0 radical (unpaired) electrons. The van der Waals surface area contributed by atoms with Crippen LogP contribution in [0.15, 0.2) is 79.3 Å². The van der Waals surface area contributed by atoms with Gasteiger partial charge in [-0.25, -0.2) is 0 Å². The molecule has 3 aromatic heterocycles. The van der Waals surface area contributed by atoms with E-state index in [-0.39, 0.29) is 12.1 Å². The first kappa shape index (κ1) is 22.1. The molecule has 0 bridgehead atoms. The van der Waals surface area contributed by atoms with Gasteiger partial charge in [0, 0.05) is 29.5 Å². The molecule has 0 spiro atoms. The summed E-state index contributed by atoms with van der Waals surface area (Å²) in [6.07, 6.45) is 5.51. The molecule has 1 aromatic carbocycles. The number of thiocarbonyl (C=S) groups is 1. The monoisotopic (exact) mass is 469 g/mol. The average molecular weight is 470 g/mol. The first-order valence-electron chi connectivity index (χ1n) is 11.4. The van der Waals surface area contributed by atoms with Crippen molar-refractivity contribution in [1.82, 2.24) is 19.9 Å². The molecule has 0 aliphatic carbocycles. The molecule has 0 saturated carbocycles. The Labute approximate surface area is 205 Å². The van der Waals surface area contributed by atoms with Crippen LogP contribution in [0.1, 0.15) is 41.7 Å². The Kier molecular flexibility index (Phi) is 6.02. The normalized spacial score (nSPS) is 17.6. The van der Waals surface area contributed by atoms with Gasteiger partial charge in [-0.15, -0.1) is 0 Å². The van der Waals surface area contributed by atoms with E-state index in [0.29, 0.717) is 11.7 Å². The predicted octanol–water partition coefficient (Wildman–Crippen LogP) is 5.46. The summed E-state index contributed by atoms with van der Waals surface area (Å²) >= 11 is 5.88. The summed E-state index contributed by atoms with van der Waals surface area (Å²) in [5.74, 6) is 0.844. The number of hydrogen-bond acceptors (Lipinski definition) is 4. The van der Waals surface area contributed by atoms with Gasteiger partial charge in [-0.05, 0) is 93.1 Å². The zero-order valence-electron chi connectivity index (χ0n) is 19.5. The fourth-order valence-corrected chi connectivity index (χ4v) is 5.13. The van der Waals surface area contributed by atoms with Crippen LogP contribution in [-0.4, -0.2) is 26.3 Å². The molecular formula is C27H27N5OS. The fraction of sp³-hybridized carbons (Fsp3) is 0.222. The van der Waals surface area contributed by atoms with Gasteiger partial charge in [0.1, 0.15) is 5.75 Å². The van der Waals surface area contributed by atoms with E-state index in [4.69, 9.17) is 17.0 Å². The van der Waals surface area contributed by atoms with Crippen LogP contribution in [0.4, 0.5) is 5.69 Å². The summed E-state index contributed by atoms with van der Waals surface area (Å²) in [5, 5.41) is 4.22. The lowest BCUT2D eigenvalue weighted by molar-refractivity contribution is 0.340. The third kappa shape index (κ3) is 3.92. The highest BCUT2D eigenvalue weighted by Gasteiger charge is 2.42. The molecule has 34 heavy (non-hydrogen) atoms. The van der Waals surface area contributed by atoms with E-state index < -0.39 is 0 Å². The summed E-state index contributed by atoms with van der Waals surface area (Å²) in [6, 6.07) is 20.2. The minimum atomic E-state index is -0.0943. The molecule has 2 atom stereocenters. The second-order valence-electron chi connectivity index (χ2n) is 8.30. The molecule has 6 nitrogen and oxygen atoms in total. The standard InChI is InChI=1S/C27H27N5OS/c1-4-33-22-12-10-20(11-13-22)32-26(25(30-27(32)34)24-9-5-6-15-29-24)23-16-18(2)31(19(23)3)21-8-7-14-28-17-21/h5-17,25-26H,4H2,1-3H3,(H,30,34)/t25-,26+/m0/s1. The van der Waals surface area contributed by atoms with Gasteiger partial charge in [0.25, 0.3) is 0 Å². The number of ether oxygens (including phenoxy) is 1. The van der Waals surface area contributed by atoms with Crippen molar-refractivity contribution in [2.75, 3.05) is 11.5 Å². The van der Waals surface area contributed by atoms with Crippen molar-refractivity contribution in [2.45, 2.75) is 32.9 Å². The van der Waals surface area contributed by atoms with E-state index in [1.807, 2.05) is 49.6 Å². The van der Waals surface area contributed by atoms with Gasteiger partial charge in [0.15, 0.2) is 5.11 Å². The lowest BCUT2D eigenvalue weighted by Crippen LogP contribution is -2.29. The largest absolute Gasteiger partial charge is 0.494 e. The Morgan fingerprint density at radius 1 is 1.00 bits per heavy atom. The summed E-state index contributed by atoms with van der Waals surface area (Å²) < 4.78 is 7.90. The Bertz CT molecular complexity index is 1290. The van der Waals surface area contributed by atoms with Crippen LogP contribution in [0.3, 0.4) is 0 Å². The van der Waals surface area contributed by atoms with Crippen molar-refractivity contribution < 1.29 is 4.74 Å². The molecule has 4 heterocycles. The second kappa shape index (κ2) is 9.27. The Balaban J connectivity index is 1.64. The van der Waals surface area contributed by atoms with Crippen molar-refractivity contribution in [3.8, 4) is 11.4 Å². The quantitative estimate of drug-likeness (QED) is 0.379. The van der Waals surface area contributed by atoms with Crippen LogP contribution >= 0.6 is 12.2 Å². The molecule has 5 rings (SSSR count). The van der Waals surface area contributed by atoms with E-state index in [2.05, 4.69) is 68.9 Å². The molecular weight excluding hydrogens is 442 g/mol. The maximum atomic E-state index is 5.88. The number of nitrogens with one attached hydrogen (secondary N) is 1. The molecule has 1 aliphatic heterocycles. The SMILES string of the molecule is CCOc1ccc(N2C(=S)N[C@@H](c3ccccn3)[C@H]2c2cc(C)n(-c3cccnc3)c2C)cc1. The molecule has 1 aliphatic rings. The topological polar surface area (TPSA) is 55.2 Å². The highest BCUT2D eigenvalue weighted by Crippen LogP contribution is 2.43. The fourth-order valence-electron chi connectivity index (χ4n) is 4.79. The van der Waals surface area contributed by atoms with Crippen LogP contribution in [0.2, 0.25) is 0 Å². The van der Waals surface area contributed by atoms with Gasteiger partial charge in [-0.1, -0.05) is 6.07 Å². The van der Waals surface area contributed by atoms with Crippen LogP contribution in [0.25, 0.3) is 5.69 Å². The van der Waals surface area contributed by atoms with Gasteiger partial charge in [-0.3, -0.25) is 9.97 Å². The average Bonchev–Trinajstić information content (AvgIpc) is 3.36. The van der Waals surface area contributed by atoms with E-state index >= 15 is 0 Å². The van der Waals surface area contributed by atoms with Crippen molar-refractivity contribution in [1.29, 1.82) is 0 Å². The van der Waals surface area contributed by atoms with Crippen molar-refractivity contribution in [2.24, 2.45) is 0 Å². The summed E-state index contributed by atoms with van der Waals surface area (Å²) in [7, 11) is 0. The zero-order chi connectivity index (χ0) is 23.7. The molecule has 0 amide bonds. The predicted molar refractivity (Wildman–Crippen MR) is 139 cm³/mol. The van der Waals surface area contributed by atoms with Gasteiger partial charge in [0.2, 0.25) is 0 Å². The number of nitrogens with zero attached hydrogens (tertiary/aromatic N) is 4. The van der Waals surface area contributed by atoms with E-state index in [9.17, 15) is 0 Å². The number of aryl methyl sites for hydroxylation is 1. The van der Waals surface area contributed by atoms with Gasteiger partial charge in [-0.2, -0.15) is 0 Å². The molecule has 172 valence electrons. The van der Waals surface area contributed by atoms with Crippen molar-refractivity contribution in [3.05, 3.63) is 102 Å². The minimum absolute atomic E-state index is 0.0723. The van der Waals surface area contributed by atoms with Crippen molar-refractivity contribution >= 4 is 23.0 Å². The first-order chi connectivity index (χ1) is 16.6. The third-order valence-corrected chi connectivity index (χ3v) is 6.53. The van der Waals surface area contributed by atoms with Gasteiger partial charge in [0.05, 0.1) is 36.3 Å². The van der Waals surface area contributed by atoms with Gasteiger partial charge >= 0.3 is 0 Å². The summed E-state index contributed by atoms with van der Waals surface area (Å²) in [4.78, 5) is 11.2. The highest BCUT2D eigenvalue weighted by molar-refractivity contribution is 7.80. The van der Waals surface area contributed by atoms with Crippen LogP contribution in [0, 0.1) is 13.8 Å². The Morgan fingerprint density at radius 3 is 2.50 bits per heavy atom. The van der Waals surface area contributed by atoms with Crippen LogP contribution in [0.5, 0.6) is 5.75 Å². The summed E-state index contributed by atoms with van der Waals surface area (Å²) in [5.41, 5.74) is 6.49. The maximum absolute atomic E-state index is 5.88. The van der Waals surface area contributed by atoms with E-state index in [1.165, 1.54) is 5.56 Å². The lowest BCUT2D eigenvalue weighted by atomic mass is 9.96. The van der Waals surface area contributed by atoms with E-state index in [0.717, 1.165) is 34.2 Å². The smallest absolute Gasteiger partial charge is 0.174 e. The second-order valence-corrected chi connectivity index (χ2v) is 8.68. The number of rotatable bonds is 6. The van der Waals surface area contributed by atoms with Gasteiger partial charge < -0.3 is 19.5 Å². The van der Waals surface area contributed by atoms with Crippen LogP contribution < -0.4 is 15.0 Å². The lowest BCUT2D eigenvalue weighted by Gasteiger charge is -2.28. The molecule has 1 fully saturated rings. The van der Waals surface area contributed by atoms with Crippen LogP contribution in [-0.2, 0) is 0 Å². The molecule has 1 N–H and O–H groups in total. The zero-order valence-corrected chi connectivity index (χ0v) is 20.3. The molecule has 4 aromatic rings. The Hall–Kier alpha value is -3.71. The maximum Gasteiger partial charge on any atom is 0.174 e. The number of pyridine rings is 2. The van der Waals surface area contributed by atoms with Crippen molar-refractivity contribution in [3.63, 3.8) is 0 Å². The third-order valence-electron chi connectivity index (χ3n) is 6.22. The number of hydrogen-bond donors (Lipinski definition) is 1. The molecule has 1 saturated heterocycles. The number of aromatic nitrogens is 3. The number of anilines is 1. The Morgan fingerprint density at radius 2 is 1.82 bits per heavy atom. The minimum Gasteiger partial charge on any atom is -0.494 e.